The Bertz CT molecular complexity index is 1090. The first-order valence-electron chi connectivity index (χ1n) is 8.51. The molecule has 0 aliphatic carbocycles. The third-order valence-corrected chi connectivity index (χ3v) is 4.56. The molecule has 0 spiro atoms. The zero-order valence-corrected chi connectivity index (χ0v) is 14.8. The smallest absolute Gasteiger partial charge is 0.306 e. The van der Waals surface area contributed by atoms with Gasteiger partial charge in [0.05, 0.1) is 16.2 Å². The highest BCUT2D eigenvalue weighted by molar-refractivity contribution is 6.11. The molecule has 2 aromatic carbocycles. The van der Waals surface area contributed by atoms with Crippen LogP contribution in [0.3, 0.4) is 0 Å². The van der Waals surface area contributed by atoms with E-state index < -0.39 is 22.6 Å². The van der Waals surface area contributed by atoms with E-state index in [9.17, 15) is 19.3 Å². The lowest BCUT2D eigenvalue weighted by Crippen LogP contribution is -2.32. The Morgan fingerprint density at radius 3 is 2.64 bits per heavy atom. The highest BCUT2D eigenvalue weighted by Crippen LogP contribution is 2.37. The Labute approximate surface area is 159 Å². The van der Waals surface area contributed by atoms with Gasteiger partial charge >= 0.3 is 5.69 Å². The Balaban J connectivity index is 1.77. The molecule has 0 saturated heterocycles. The Kier molecular flexibility index (Phi) is 4.23. The summed E-state index contributed by atoms with van der Waals surface area (Å²) in [5.74, 6) is -1.16. The van der Waals surface area contributed by atoms with Crippen LogP contribution in [0.1, 0.15) is 27.8 Å². The van der Waals surface area contributed by atoms with Gasteiger partial charge in [-0.1, -0.05) is 17.7 Å². The normalized spacial score (nSPS) is 15.4. The predicted molar refractivity (Wildman–Crippen MR) is 102 cm³/mol. The number of aryl methyl sites for hydroxylation is 1. The molecule has 1 amide bonds. The van der Waals surface area contributed by atoms with Gasteiger partial charge in [0.2, 0.25) is 5.82 Å². The van der Waals surface area contributed by atoms with Gasteiger partial charge in [0.1, 0.15) is 0 Å². The van der Waals surface area contributed by atoms with Gasteiger partial charge in [0.15, 0.2) is 6.17 Å². The number of nitrogens with one attached hydrogen (secondary N) is 1. The van der Waals surface area contributed by atoms with Crippen LogP contribution < -0.4 is 10.2 Å². The lowest BCUT2D eigenvalue weighted by molar-refractivity contribution is -0.387. The van der Waals surface area contributed by atoms with Crippen LogP contribution >= 0.6 is 0 Å². The van der Waals surface area contributed by atoms with Crippen LogP contribution in [0.5, 0.6) is 0 Å². The first-order chi connectivity index (χ1) is 13.5. The van der Waals surface area contributed by atoms with Crippen LogP contribution in [0.15, 0.2) is 60.8 Å². The van der Waals surface area contributed by atoms with E-state index >= 15 is 0 Å². The molecule has 1 aliphatic heterocycles. The summed E-state index contributed by atoms with van der Waals surface area (Å²) in [6, 6.07) is 14.3. The van der Waals surface area contributed by atoms with Crippen molar-refractivity contribution in [3.05, 3.63) is 93.5 Å². The fraction of sp³-hybridized carbons (Fsp3) is 0.100. The quantitative estimate of drug-likeness (QED) is 0.543. The average molecular weight is 378 g/mol. The van der Waals surface area contributed by atoms with Gasteiger partial charge in [0, 0.05) is 23.6 Å². The largest absolute Gasteiger partial charge is 0.360 e. The molecule has 1 N–H and O–H groups in total. The van der Waals surface area contributed by atoms with E-state index in [2.05, 4.69) is 10.3 Å². The van der Waals surface area contributed by atoms with E-state index in [0.717, 1.165) is 17.7 Å². The molecule has 0 fully saturated rings. The number of pyridine rings is 1. The predicted octanol–water partition coefficient (Wildman–Crippen LogP) is 4.21. The molecule has 0 unspecified atom stereocenters. The Morgan fingerprint density at radius 1 is 1.18 bits per heavy atom. The van der Waals surface area contributed by atoms with Crippen molar-refractivity contribution in [2.45, 2.75) is 13.1 Å². The zero-order chi connectivity index (χ0) is 19.8. The number of halogens is 1. The molecule has 2 heterocycles. The van der Waals surface area contributed by atoms with Crippen LogP contribution in [0.2, 0.25) is 0 Å². The maximum atomic E-state index is 13.7. The maximum absolute atomic E-state index is 13.7. The van der Waals surface area contributed by atoms with Crippen molar-refractivity contribution >= 4 is 23.0 Å². The molecule has 4 rings (SSSR count). The number of carbonyl (C=O) groups excluding carboxylic acids is 1. The third kappa shape index (κ3) is 2.94. The number of benzene rings is 2. The minimum atomic E-state index is -0.924. The van der Waals surface area contributed by atoms with Crippen molar-refractivity contribution in [1.29, 1.82) is 0 Å². The van der Waals surface area contributed by atoms with E-state index in [4.69, 9.17) is 0 Å². The van der Waals surface area contributed by atoms with Crippen molar-refractivity contribution in [1.82, 2.24) is 4.98 Å². The number of fused-ring (bicyclic) bond motifs is 1. The summed E-state index contributed by atoms with van der Waals surface area (Å²) in [6.07, 6.45) is 0.892. The number of amides is 1. The van der Waals surface area contributed by atoms with Gasteiger partial charge in [-0.25, -0.2) is 0 Å². The van der Waals surface area contributed by atoms with E-state index in [0.29, 0.717) is 22.6 Å². The van der Waals surface area contributed by atoms with Gasteiger partial charge < -0.3 is 5.32 Å². The standard InChI is InChI=1S/C20H15FN4O3/c1-12-4-7-14(8-5-12)24-19(18-15(20(24)26)3-2-10-22-18)23-13-6-9-16(21)17(11-13)25(27)28/h2-11,19,23H,1H3/t19-/m0/s1. The number of hydrogen-bond acceptors (Lipinski definition) is 5. The maximum Gasteiger partial charge on any atom is 0.306 e. The molecule has 3 aromatic rings. The van der Waals surface area contributed by atoms with E-state index in [1.165, 1.54) is 11.0 Å². The van der Waals surface area contributed by atoms with E-state index in [1.54, 1.807) is 18.3 Å². The van der Waals surface area contributed by atoms with Gasteiger partial charge in [-0.3, -0.25) is 24.8 Å². The van der Waals surface area contributed by atoms with Crippen LogP contribution in [0.4, 0.5) is 21.5 Å². The van der Waals surface area contributed by atoms with Gasteiger partial charge in [-0.05, 0) is 43.3 Å². The van der Waals surface area contributed by atoms with Gasteiger partial charge in [0.25, 0.3) is 5.91 Å². The molecule has 1 aliphatic rings. The molecular formula is C20H15FN4O3. The van der Waals surface area contributed by atoms with Gasteiger partial charge in [-0.2, -0.15) is 4.39 Å². The summed E-state index contributed by atoms with van der Waals surface area (Å²) in [5, 5.41) is 14.1. The molecule has 7 nitrogen and oxygen atoms in total. The lowest BCUT2D eigenvalue weighted by Gasteiger charge is -2.26. The summed E-state index contributed by atoms with van der Waals surface area (Å²) >= 11 is 0. The Morgan fingerprint density at radius 2 is 1.93 bits per heavy atom. The van der Waals surface area contributed by atoms with Crippen molar-refractivity contribution in [2.75, 3.05) is 10.2 Å². The first kappa shape index (κ1) is 17.6. The monoisotopic (exact) mass is 378 g/mol. The summed E-state index contributed by atoms with van der Waals surface area (Å²) in [6.45, 7) is 1.94. The van der Waals surface area contributed by atoms with Crippen LogP contribution in [-0.2, 0) is 0 Å². The highest BCUT2D eigenvalue weighted by atomic mass is 19.1. The van der Waals surface area contributed by atoms with Crippen molar-refractivity contribution in [2.24, 2.45) is 0 Å². The second kappa shape index (κ2) is 6.73. The fourth-order valence-corrected chi connectivity index (χ4v) is 3.19. The van der Waals surface area contributed by atoms with E-state index in [1.807, 2.05) is 31.2 Å². The SMILES string of the molecule is Cc1ccc(N2C(=O)c3cccnc3[C@H]2Nc2ccc(F)c([N+](=O)[O-])c2)cc1. The van der Waals surface area contributed by atoms with E-state index in [-0.39, 0.29) is 5.91 Å². The number of nitro groups is 1. The second-order valence-electron chi connectivity index (χ2n) is 6.42. The molecule has 0 radical (unpaired) electrons. The fourth-order valence-electron chi connectivity index (χ4n) is 3.19. The minimum Gasteiger partial charge on any atom is -0.360 e. The summed E-state index contributed by atoms with van der Waals surface area (Å²) in [7, 11) is 0. The highest BCUT2D eigenvalue weighted by Gasteiger charge is 2.39. The van der Waals surface area contributed by atoms with Crippen molar-refractivity contribution in [3.63, 3.8) is 0 Å². The number of nitro benzene ring substituents is 1. The minimum absolute atomic E-state index is 0.235. The third-order valence-electron chi connectivity index (χ3n) is 4.56. The molecular weight excluding hydrogens is 363 g/mol. The Hall–Kier alpha value is -3.81. The molecule has 0 saturated carbocycles. The van der Waals surface area contributed by atoms with Crippen LogP contribution in [0, 0.1) is 22.9 Å². The lowest BCUT2D eigenvalue weighted by atomic mass is 10.2. The van der Waals surface area contributed by atoms with Crippen molar-refractivity contribution < 1.29 is 14.1 Å². The molecule has 140 valence electrons. The molecule has 28 heavy (non-hydrogen) atoms. The zero-order valence-electron chi connectivity index (χ0n) is 14.8. The van der Waals surface area contributed by atoms with Crippen molar-refractivity contribution in [3.8, 4) is 0 Å². The molecule has 0 bridgehead atoms. The summed E-state index contributed by atoms with van der Waals surface area (Å²) < 4.78 is 13.7. The van der Waals surface area contributed by atoms with Crippen LogP contribution in [0.25, 0.3) is 0 Å². The molecule has 1 atom stereocenters. The second-order valence-corrected chi connectivity index (χ2v) is 6.42. The summed E-state index contributed by atoms with van der Waals surface area (Å²) in [4.78, 5) is 29.1. The first-order valence-corrected chi connectivity index (χ1v) is 8.51. The number of nitrogens with zero attached hydrogens (tertiary/aromatic N) is 3. The number of aromatic nitrogens is 1. The number of carbonyl (C=O) groups is 1. The topological polar surface area (TPSA) is 88.4 Å². The molecule has 8 heteroatoms. The number of hydrogen-bond donors (Lipinski definition) is 1. The number of anilines is 2. The molecule has 1 aromatic heterocycles. The van der Waals surface area contributed by atoms with Crippen LogP contribution in [-0.4, -0.2) is 15.8 Å². The average Bonchev–Trinajstić information content (AvgIpc) is 2.96. The van der Waals surface area contributed by atoms with Gasteiger partial charge in [-0.15, -0.1) is 0 Å². The number of rotatable bonds is 4. The summed E-state index contributed by atoms with van der Waals surface area (Å²) in [5.41, 5.74) is 2.31.